The lowest BCUT2D eigenvalue weighted by atomic mass is 10.0. The standard InChI is InChI=1S/C24H25N3OS2/c1-16-9-14-21(30-16)23-22(20-8-4-5-15-25-20)26-24(29)27(23)17-10-12-19(13-11-17)28-18-6-2-3-7-18/h4-5,8-15,18,22-23H,2-3,6-7H2,1H3,(H,26,29). The summed E-state index contributed by atoms with van der Waals surface area (Å²) in [5.41, 5.74) is 2.07. The van der Waals surface area contributed by atoms with Crippen LogP contribution in [0.4, 0.5) is 5.69 Å². The lowest BCUT2D eigenvalue weighted by molar-refractivity contribution is 0.210. The van der Waals surface area contributed by atoms with E-state index in [0.717, 1.165) is 35.1 Å². The number of thiophene rings is 1. The first kappa shape index (κ1) is 19.5. The van der Waals surface area contributed by atoms with Crippen molar-refractivity contribution in [2.75, 3.05) is 4.90 Å². The molecule has 1 saturated carbocycles. The molecule has 154 valence electrons. The minimum atomic E-state index is 0.00571. The van der Waals surface area contributed by atoms with Crippen LogP contribution in [0.2, 0.25) is 0 Å². The van der Waals surface area contributed by atoms with Crippen LogP contribution in [0.15, 0.2) is 60.8 Å². The largest absolute Gasteiger partial charge is 0.490 e. The molecule has 5 rings (SSSR count). The SMILES string of the molecule is Cc1ccc(C2C(c3ccccn3)NC(=S)N2c2ccc(OC3CCCC3)cc2)s1. The van der Waals surface area contributed by atoms with Gasteiger partial charge in [-0.3, -0.25) is 4.98 Å². The van der Waals surface area contributed by atoms with Crippen molar-refractivity contribution < 1.29 is 4.74 Å². The second-order valence-electron chi connectivity index (χ2n) is 7.96. The first-order chi connectivity index (χ1) is 14.7. The van der Waals surface area contributed by atoms with Crippen molar-refractivity contribution in [3.05, 3.63) is 76.2 Å². The summed E-state index contributed by atoms with van der Waals surface area (Å²) in [4.78, 5) is 9.41. The molecule has 1 saturated heterocycles. The summed E-state index contributed by atoms with van der Waals surface area (Å²) in [7, 11) is 0. The lowest BCUT2D eigenvalue weighted by Gasteiger charge is -2.27. The van der Waals surface area contributed by atoms with E-state index < -0.39 is 0 Å². The zero-order chi connectivity index (χ0) is 20.5. The molecule has 0 amide bonds. The van der Waals surface area contributed by atoms with Gasteiger partial charge in [-0.1, -0.05) is 6.07 Å². The van der Waals surface area contributed by atoms with E-state index >= 15 is 0 Å². The number of aromatic nitrogens is 1. The van der Waals surface area contributed by atoms with E-state index in [-0.39, 0.29) is 12.1 Å². The van der Waals surface area contributed by atoms with Gasteiger partial charge in [-0.2, -0.15) is 0 Å². The Morgan fingerprint density at radius 2 is 1.87 bits per heavy atom. The van der Waals surface area contributed by atoms with Gasteiger partial charge in [-0.25, -0.2) is 0 Å². The fourth-order valence-electron chi connectivity index (χ4n) is 4.42. The van der Waals surface area contributed by atoms with Gasteiger partial charge in [0, 0.05) is 21.6 Å². The molecular formula is C24H25N3OS2. The molecule has 0 radical (unpaired) electrons. The topological polar surface area (TPSA) is 37.4 Å². The van der Waals surface area contributed by atoms with Gasteiger partial charge in [0.15, 0.2) is 5.11 Å². The highest BCUT2D eigenvalue weighted by Crippen LogP contribution is 2.43. The number of anilines is 1. The van der Waals surface area contributed by atoms with Gasteiger partial charge in [-0.15, -0.1) is 11.3 Å². The summed E-state index contributed by atoms with van der Waals surface area (Å²) in [5.74, 6) is 0.938. The van der Waals surface area contributed by atoms with Crippen molar-refractivity contribution in [2.24, 2.45) is 0 Å². The molecule has 3 aromatic rings. The van der Waals surface area contributed by atoms with Crippen molar-refractivity contribution in [3.8, 4) is 5.75 Å². The molecule has 3 heterocycles. The van der Waals surface area contributed by atoms with E-state index in [2.05, 4.69) is 64.6 Å². The molecule has 2 atom stereocenters. The maximum Gasteiger partial charge on any atom is 0.174 e. The number of thiocarbonyl (C=S) groups is 1. The fourth-order valence-corrected chi connectivity index (χ4v) is 5.77. The summed E-state index contributed by atoms with van der Waals surface area (Å²) in [6.07, 6.45) is 7.07. The van der Waals surface area contributed by atoms with Gasteiger partial charge in [0.05, 0.1) is 23.9 Å². The van der Waals surface area contributed by atoms with Crippen molar-refractivity contribution >= 4 is 34.4 Å². The number of aryl methyl sites for hydroxylation is 1. The van der Waals surface area contributed by atoms with Crippen LogP contribution in [0.5, 0.6) is 5.75 Å². The van der Waals surface area contributed by atoms with E-state index in [1.54, 1.807) is 0 Å². The Balaban J connectivity index is 1.46. The minimum Gasteiger partial charge on any atom is -0.490 e. The molecule has 4 nitrogen and oxygen atoms in total. The maximum absolute atomic E-state index is 6.15. The number of nitrogens with zero attached hydrogens (tertiary/aromatic N) is 2. The molecule has 1 aromatic carbocycles. The minimum absolute atomic E-state index is 0.00571. The Kier molecular flexibility index (Phi) is 5.44. The van der Waals surface area contributed by atoms with Crippen molar-refractivity contribution in [1.82, 2.24) is 10.3 Å². The summed E-state index contributed by atoms with van der Waals surface area (Å²) in [6, 6.07) is 18.9. The third kappa shape index (κ3) is 3.82. The number of nitrogens with one attached hydrogen (secondary N) is 1. The van der Waals surface area contributed by atoms with Gasteiger partial charge < -0.3 is 15.0 Å². The van der Waals surface area contributed by atoms with Gasteiger partial charge in [-0.05, 0) is 93.4 Å². The fraction of sp³-hybridized carbons (Fsp3) is 0.333. The van der Waals surface area contributed by atoms with Crippen LogP contribution in [0.25, 0.3) is 0 Å². The zero-order valence-corrected chi connectivity index (χ0v) is 18.6. The van der Waals surface area contributed by atoms with Crippen molar-refractivity contribution in [1.29, 1.82) is 0 Å². The third-order valence-electron chi connectivity index (χ3n) is 5.87. The van der Waals surface area contributed by atoms with E-state index in [0.29, 0.717) is 6.10 Å². The quantitative estimate of drug-likeness (QED) is 0.501. The molecule has 30 heavy (non-hydrogen) atoms. The Morgan fingerprint density at radius 1 is 1.07 bits per heavy atom. The maximum atomic E-state index is 6.15. The van der Waals surface area contributed by atoms with Crippen molar-refractivity contribution in [3.63, 3.8) is 0 Å². The highest BCUT2D eigenvalue weighted by Gasteiger charge is 2.41. The number of benzene rings is 1. The van der Waals surface area contributed by atoms with Crippen molar-refractivity contribution in [2.45, 2.75) is 50.8 Å². The zero-order valence-electron chi connectivity index (χ0n) is 17.0. The predicted octanol–water partition coefficient (Wildman–Crippen LogP) is 5.95. The van der Waals surface area contributed by atoms with E-state index in [4.69, 9.17) is 17.0 Å². The molecule has 6 heteroatoms. The van der Waals surface area contributed by atoms with Crippen LogP contribution >= 0.6 is 23.6 Å². The molecular weight excluding hydrogens is 410 g/mol. The highest BCUT2D eigenvalue weighted by molar-refractivity contribution is 7.80. The van der Waals surface area contributed by atoms with E-state index in [9.17, 15) is 0 Å². The summed E-state index contributed by atoms with van der Waals surface area (Å²) >= 11 is 7.61. The molecule has 2 aromatic heterocycles. The molecule has 1 aliphatic heterocycles. The second kappa shape index (κ2) is 8.36. The number of rotatable bonds is 5. The number of hydrogen-bond acceptors (Lipinski definition) is 4. The Bertz CT molecular complexity index is 1010. The van der Waals surface area contributed by atoms with Crippen LogP contribution < -0.4 is 15.0 Å². The highest BCUT2D eigenvalue weighted by atomic mass is 32.1. The molecule has 0 spiro atoms. The Hall–Kier alpha value is -2.44. The Labute approximate surface area is 186 Å². The summed E-state index contributed by atoms with van der Waals surface area (Å²) in [6.45, 7) is 2.14. The van der Waals surface area contributed by atoms with E-state index in [1.807, 2.05) is 29.7 Å². The average molecular weight is 436 g/mol. The Morgan fingerprint density at radius 3 is 2.53 bits per heavy atom. The number of hydrogen-bond donors (Lipinski definition) is 1. The molecule has 1 N–H and O–H groups in total. The lowest BCUT2D eigenvalue weighted by Crippen LogP contribution is -2.29. The second-order valence-corrected chi connectivity index (χ2v) is 9.67. The molecule has 2 fully saturated rings. The predicted molar refractivity (Wildman–Crippen MR) is 126 cm³/mol. The van der Waals surface area contributed by atoms with Crippen LogP contribution in [0.3, 0.4) is 0 Å². The molecule has 1 aliphatic carbocycles. The molecule has 2 aliphatic rings. The van der Waals surface area contributed by atoms with Gasteiger partial charge in [0.2, 0.25) is 0 Å². The first-order valence-electron chi connectivity index (χ1n) is 10.5. The summed E-state index contributed by atoms with van der Waals surface area (Å²) < 4.78 is 6.15. The van der Waals surface area contributed by atoms with E-state index in [1.165, 1.54) is 22.6 Å². The average Bonchev–Trinajstić information content (AvgIpc) is 3.50. The first-order valence-corrected chi connectivity index (χ1v) is 11.8. The van der Waals surface area contributed by atoms with Crippen LogP contribution in [0, 0.1) is 6.92 Å². The van der Waals surface area contributed by atoms with Crippen LogP contribution in [-0.2, 0) is 0 Å². The van der Waals surface area contributed by atoms with Gasteiger partial charge in [0.25, 0.3) is 0 Å². The number of ether oxygens (including phenoxy) is 1. The molecule has 0 bridgehead atoms. The normalized spacial score (nSPS) is 21.8. The van der Waals surface area contributed by atoms with Crippen LogP contribution in [-0.4, -0.2) is 16.2 Å². The molecule has 2 unspecified atom stereocenters. The van der Waals surface area contributed by atoms with Crippen LogP contribution in [0.1, 0.15) is 53.2 Å². The monoisotopic (exact) mass is 435 g/mol. The number of pyridine rings is 1. The van der Waals surface area contributed by atoms with Gasteiger partial charge in [0.1, 0.15) is 5.75 Å². The smallest absolute Gasteiger partial charge is 0.174 e. The third-order valence-corrected chi connectivity index (χ3v) is 7.26. The summed E-state index contributed by atoms with van der Waals surface area (Å²) in [5, 5.41) is 4.25. The van der Waals surface area contributed by atoms with Gasteiger partial charge >= 0.3 is 0 Å².